The zero-order valence-electron chi connectivity index (χ0n) is 8.01. The van der Waals surface area contributed by atoms with Crippen molar-refractivity contribution in [2.45, 2.75) is 25.3 Å². The van der Waals surface area contributed by atoms with E-state index < -0.39 is 0 Å². The van der Waals surface area contributed by atoms with Gasteiger partial charge in [0.2, 0.25) is 5.91 Å². The van der Waals surface area contributed by atoms with Crippen LogP contribution >= 0.6 is 28.3 Å². The number of carbonyl (C=O) groups is 1. The molecule has 1 saturated heterocycles. The van der Waals surface area contributed by atoms with Crippen LogP contribution in [0.15, 0.2) is 11.1 Å². The van der Waals surface area contributed by atoms with Crippen LogP contribution in [0.4, 0.5) is 0 Å². The molecule has 0 aromatic heterocycles. The van der Waals surface area contributed by atoms with Gasteiger partial charge in [0.05, 0.1) is 6.04 Å². The van der Waals surface area contributed by atoms with Crippen LogP contribution in [0.1, 0.15) is 19.3 Å². The molecular weight excluding hydrogens is 267 g/mol. The highest BCUT2D eigenvalue weighted by molar-refractivity contribution is 9.11. The minimum atomic E-state index is 0. The molecule has 0 aromatic carbocycles. The molecule has 1 aliphatic rings. The van der Waals surface area contributed by atoms with Gasteiger partial charge in [-0.2, -0.15) is 0 Å². The molecule has 1 fully saturated rings. The summed E-state index contributed by atoms with van der Waals surface area (Å²) >= 11 is 3.20. The molecular formula is C9H16BrClN2O. The monoisotopic (exact) mass is 282 g/mol. The first kappa shape index (κ1) is 13.9. The van der Waals surface area contributed by atoms with E-state index in [0.717, 1.165) is 23.9 Å². The maximum Gasteiger partial charge on any atom is 0.237 e. The second-order valence-electron chi connectivity index (χ2n) is 3.24. The Bertz CT molecular complexity index is 205. The summed E-state index contributed by atoms with van der Waals surface area (Å²) in [5.41, 5.74) is 0. The van der Waals surface area contributed by atoms with Gasteiger partial charge in [0, 0.05) is 11.0 Å². The molecule has 2 N–H and O–H groups in total. The smallest absolute Gasteiger partial charge is 0.237 e. The highest BCUT2D eigenvalue weighted by atomic mass is 79.9. The van der Waals surface area contributed by atoms with Crippen LogP contribution < -0.4 is 10.6 Å². The minimum Gasteiger partial charge on any atom is -0.350 e. The summed E-state index contributed by atoms with van der Waals surface area (Å²) in [6.45, 7) is 5.12. The van der Waals surface area contributed by atoms with Crippen LogP contribution in [0.5, 0.6) is 0 Å². The standard InChI is InChI=1S/C9H15BrN2O.ClH/c1-7(10)6-12-9(13)8-4-2-3-5-11-8;/h8,11H,1-6H2,(H,12,13);1H/t8-;/m0./s1. The van der Waals surface area contributed by atoms with Crippen molar-refractivity contribution in [2.75, 3.05) is 13.1 Å². The van der Waals surface area contributed by atoms with E-state index in [1.54, 1.807) is 0 Å². The molecule has 1 atom stereocenters. The Morgan fingerprint density at radius 1 is 1.57 bits per heavy atom. The lowest BCUT2D eigenvalue weighted by Gasteiger charge is -2.22. The summed E-state index contributed by atoms with van der Waals surface area (Å²) in [5, 5.41) is 5.99. The van der Waals surface area contributed by atoms with Crippen LogP contribution in [0.3, 0.4) is 0 Å². The number of nitrogens with one attached hydrogen (secondary N) is 2. The van der Waals surface area contributed by atoms with Crippen LogP contribution in [0, 0.1) is 0 Å². The van der Waals surface area contributed by atoms with E-state index in [1.807, 2.05) is 0 Å². The zero-order chi connectivity index (χ0) is 9.68. The lowest BCUT2D eigenvalue weighted by atomic mass is 10.0. The number of carbonyl (C=O) groups excluding carboxylic acids is 1. The first-order chi connectivity index (χ1) is 6.20. The predicted octanol–water partition coefficient (Wildman–Crippen LogP) is 1.58. The fourth-order valence-corrected chi connectivity index (χ4v) is 1.52. The molecule has 3 nitrogen and oxygen atoms in total. The number of hydrogen-bond donors (Lipinski definition) is 2. The average molecular weight is 284 g/mol. The van der Waals surface area contributed by atoms with E-state index in [9.17, 15) is 4.79 Å². The molecule has 1 aliphatic heterocycles. The van der Waals surface area contributed by atoms with Gasteiger partial charge in [-0.05, 0) is 19.4 Å². The topological polar surface area (TPSA) is 41.1 Å². The lowest BCUT2D eigenvalue weighted by molar-refractivity contribution is -0.123. The van der Waals surface area contributed by atoms with Gasteiger partial charge in [0.15, 0.2) is 0 Å². The third kappa shape index (κ3) is 4.98. The van der Waals surface area contributed by atoms with Gasteiger partial charge in [-0.3, -0.25) is 4.79 Å². The first-order valence-electron chi connectivity index (χ1n) is 4.54. The summed E-state index contributed by atoms with van der Waals surface area (Å²) in [4.78, 5) is 11.5. The Morgan fingerprint density at radius 3 is 2.79 bits per heavy atom. The number of halogens is 2. The Hall–Kier alpha value is -0.0600. The fourth-order valence-electron chi connectivity index (χ4n) is 1.38. The fraction of sp³-hybridized carbons (Fsp3) is 0.667. The van der Waals surface area contributed by atoms with Crippen molar-refractivity contribution in [1.82, 2.24) is 10.6 Å². The number of hydrogen-bond acceptors (Lipinski definition) is 2. The largest absolute Gasteiger partial charge is 0.350 e. The van der Waals surface area contributed by atoms with E-state index in [4.69, 9.17) is 0 Å². The van der Waals surface area contributed by atoms with Gasteiger partial charge >= 0.3 is 0 Å². The van der Waals surface area contributed by atoms with Crippen LogP contribution in [-0.4, -0.2) is 25.0 Å². The van der Waals surface area contributed by atoms with Gasteiger partial charge in [-0.25, -0.2) is 0 Å². The molecule has 0 radical (unpaired) electrons. The SMILES string of the molecule is C=C(Br)CNC(=O)[C@@H]1CCCCN1.Cl. The molecule has 82 valence electrons. The summed E-state index contributed by atoms with van der Waals surface area (Å²) in [7, 11) is 0. The number of piperidine rings is 1. The molecule has 0 aromatic rings. The molecule has 0 aliphatic carbocycles. The normalized spacial score (nSPS) is 20.8. The Labute approximate surface area is 99.2 Å². The second kappa shape index (κ2) is 7.26. The predicted molar refractivity (Wildman–Crippen MR) is 64.0 cm³/mol. The van der Waals surface area contributed by atoms with Crippen molar-refractivity contribution in [1.29, 1.82) is 0 Å². The van der Waals surface area contributed by atoms with Gasteiger partial charge in [-0.1, -0.05) is 28.9 Å². The molecule has 14 heavy (non-hydrogen) atoms. The average Bonchev–Trinajstić information content (AvgIpc) is 2.15. The highest BCUT2D eigenvalue weighted by Gasteiger charge is 2.19. The summed E-state index contributed by atoms with van der Waals surface area (Å²) in [6.07, 6.45) is 3.26. The third-order valence-electron chi connectivity index (χ3n) is 2.08. The first-order valence-corrected chi connectivity index (χ1v) is 5.34. The number of rotatable bonds is 3. The molecule has 1 rings (SSSR count). The summed E-state index contributed by atoms with van der Waals surface area (Å²) < 4.78 is 0.802. The molecule has 0 bridgehead atoms. The molecule has 0 unspecified atom stereocenters. The van der Waals surface area contributed by atoms with Crippen LogP contribution in [-0.2, 0) is 4.79 Å². The van der Waals surface area contributed by atoms with Gasteiger partial charge in [0.25, 0.3) is 0 Å². The maximum absolute atomic E-state index is 11.5. The quantitative estimate of drug-likeness (QED) is 0.826. The van der Waals surface area contributed by atoms with E-state index in [0.29, 0.717) is 6.54 Å². The van der Waals surface area contributed by atoms with E-state index in [1.165, 1.54) is 6.42 Å². The van der Waals surface area contributed by atoms with Crippen LogP contribution in [0.25, 0.3) is 0 Å². The maximum atomic E-state index is 11.5. The molecule has 1 heterocycles. The lowest BCUT2D eigenvalue weighted by Crippen LogP contribution is -2.46. The van der Waals surface area contributed by atoms with Gasteiger partial charge < -0.3 is 10.6 Å². The molecule has 1 amide bonds. The summed E-state index contributed by atoms with van der Waals surface area (Å²) in [6, 6.07) is 0.000556. The molecule has 0 saturated carbocycles. The van der Waals surface area contributed by atoms with Crippen molar-refractivity contribution in [2.24, 2.45) is 0 Å². The number of amides is 1. The Morgan fingerprint density at radius 2 is 2.29 bits per heavy atom. The van der Waals surface area contributed by atoms with E-state index >= 15 is 0 Å². The van der Waals surface area contributed by atoms with Crippen molar-refractivity contribution in [3.8, 4) is 0 Å². The molecule has 5 heteroatoms. The Kier molecular flexibility index (Phi) is 7.23. The third-order valence-corrected chi connectivity index (χ3v) is 2.36. The van der Waals surface area contributed by atoms with E-state index in [2.05, 4.69) is 33.1 Å². The van der Waals surface area contributed by atoms with Crippen molar-refractivity contribution >= 4 is 34.2 Å². The second-order valence-corrected chi connectivity index (χ2v) is 4.36. The zero-order valence-corrected chi connectivity index (χ0v) is 10.4. The summed E-state index contributed by atoms with van der Waals surface area (Å²) in [5.74, 6) is 0.0836. The van der Waals surface area contributed by atoms with Crippen molar-refractivity contribution < 1.29 is 4.79 Å². The van der Waals surface area contributed by atoms with Crippen LogP contribution in [0.2, 0.25) is 0 Å². The molecule has 0 spiro atoms. The minimum absolute atomic E-state index is 0. The van der Waals surface area contributed by atoms with Gasteiger partial charge in [0.1, 0.15) is 0 Å². The highest BCUT2D eigenvalue weighted by Crippen LogP contribution is 2.07. The van der Waals surface area contributed by atoms with E-state index in [-0.39, 0.29) is 24.4 Å². The van der Waals surface area contributed by atoms with Gasteiger partial charge in [-0.15, -0.1) is 12.4 Å². The Balaban J connectivity index is 0.00000169. The van der Waals surface area contributed by atoms with Crippen molar-refractivity contribution in [3.63, 3.8) is 0 Å². The van der Waals surface area contributed by atoms with Crippen molar-refractivity contribution in [3.05, 3.63) is 11.1 Å².